The summed E-state index contributed by atoms with van der Waals surface area (Å²) in [6.45, 7) is 30.1. The van der Waals surface area contributed by atoms with E-state index in [0.29, 0.717) is 23.8 Å². The maximum atomic E-state index is 13.7. The topological polar surface area (TPSA) is 174 Å². The molecule has 3 aromatic carbocycles. The number of pyridine rings is 2. The van der Waals surface area contributed by atoms with Crippen molar-refractivity contribution in [1.29, 1.82) is 0 Å². The van der Waals surface area contributed by atoms with Gasteiger partial charge in [0.2, 0.25) is 0 Å². The minimum absolute atomic E-state index is 0.0351. The van der Waals surface area contributed by atoms with Crippen molar-refractivity contribution in [2.24, 2.45) is 17.8 Å². The molecule has 0 amide bonds. The Labute approximate surface area is 509 Å². The molecule has 1 saturated heterocycles. The number of carbonyl (C=O) groups is 2. The maximum absolute atomic E-state index is 13.7. The van der Waals surface area contributed by atoms with E-state index in [1.165, 1.54) is 88.4 Å². The van der Waals surface area contributed by atoms with Crippen LogP contribution >= 0.6 is 11.6 Å². The molecule has 3 heterocycles. The summed E-state index contributed by atoms with van der Waals surface area (Å²) < 4.78 is 100. The van der Waals surface area contributed by atoms with Crippen molar-refractivity contribution in [1.82, 2.24) is 9.97 Å². The lowest BCUT2D eigenvalue weighted by Gasteiger charge is -2.26. The highest BCUT2D eigenvalue weighted by molar-refractivity contribution is 7.87. The molecule has 0 spiro atoms. The van der Waals surface area contributed by atoms with Gasteiger partial charge in [0.1, 0.15) is 5.76 Å². The van der Waals surface area contributed by atoms with Crippen molar-refractivity contribution in [2.75, 3.05) is 11.5 Å². The second kappa shape index (κ2) is 31.1. The highest BCUT2D eigenvalue weighted by Gasteiger charge is 2.49. The van der Waals surface area contributed by atoms with Crippen molar-refractivity contribution in [3.63, 3.8) is 0 Å². The summed E-state index contributed by atoms with van der Waals surface area (Å²) in [5, 5.41) is -0.806. The van der Waals surface area contributed by atoms with Crippen LogP contribution < -0.4 is 16.9 Å². The van der Waals surface area contributed by atoms with Crippen molar-refractivity contribution in [3.05, 3.63) is 208 Å². The molecule has 11 nitrogen and oxygen atoms in total. The molecule has 0 radical (unpaired) electrons. The van der Waals surface area contributed by atoms with Crippen LogP contribution in [0.5, 0.6) is 0 Å². The van der Waals surface area contributed by atoms with Gasteiger partial charge in [-0.25, -0.2) is 8.78 Å². The summed E-state index contributed by atoms with van der Waals surface area (Å²) >= 11 is 5.00. The van der Waals surface area contributed by atoms with Crippen LogP contribution in [0.15, 0.2) is 169 Å². The van der Waals surface area contributed by atoms with Gasteiger partial charge in [-0.2, -0.15) is 21.6 Å². The van der Waals surface area contributed by atoms with Crippen LogP contribution in [0, 0.1) is 29.4 Å². The fourth-order valence-corrected chi connectivity index (χ4v) is 10.6. The van der Waals surface area contributed by atoms with Crippen LogP contribution in [0.2, 0.25) is 0 Å². The highest BCUT2D eigenvalue weighted by atomic mass is 35.5. The fraction of sp³-hybridized carbons (Fsp3) is 0.373. The number of nitrogens with two attached hydrogens (primary N) is 2. The number of aromatic nitrogens is 2. The second-order valence-electron chi connectivity index (χ2n) is 23.0. The van der Waals surface area contributed by atoms with Crippen LogP contribution in [-0.4, -0.2) is 53.7 Å². The number of nitrogens with zero attached hydrogens (tertiary/aromatic N) is 2. The molecule has 2 aromatic heterocycles. The number of allylic oxidation sites excluding steroid dienone is 9. The fourth-order valence-electron chi connectivity index (χ4n) is 9.91. The Hall–Kier alpha value is -6.99. The molecule has 0 bridgehead atoms. The first kappa shape index (κ1) is 69.8. The van der Waals surface area contributed by atoms with Crippen LogP contribution in [0.3, 0.4) is 0 Å². The number of benzene rings is 3. The number of rotatable bonds is 12. The summed E-state index contributed by atoms with van der Waals surface area (Å²) in [5.74, 6) is -0.437. The Balaban J connectivity index is 0.000000202. The third kappa shape index (κ3) is 20.0. The molecule has 3 aliphatic carbocycles. The van der Waals surface area contributed by atoms with Gasteiger partial charge in [-0.05, 0) is 218 Å². The monoisotopic (exact) mass is 1220 g/mol. The molecule has 9 rings (SSSR count). The van der Waals surface area contributed by atoms with Gasteiger partial charge in [-0.15, -0.1) is 0 Å². The quantitative estimate of drug-likeness (QED) is 0.0178. The van der Waals surface area contributed by atoms with Crippen molar-refractivity contribution in [3.8, 4) is 0 Å². The SMILES string of the molecule is C=C(C)[C@@H]1CCC(C)=C(OS(=O)(=O)C(F)(F)F)C1.C=C(C)[C@@H]1CCC(C)=C(c2ccc(CC(=O)c3ccncc3F)cc2)C1.C=C(C)[C@@H]1CCC(C)=C(c2ccc(N)cc2)C1.CC1OB(c2ccc(N)cc2)OC1(C)C.O=C(Cl)c1ccncc1F. The summed E-state index contributed by atoms with van der Waals surface area (Å²) in [4.78, 5) is 29.8. The Bertz CT molecular complexity index is 3440. The molecule has 460 valence electrons. The molecule has 1 aliphatic heterocycles. The zero-order valence-corrected chi connectivity index (χ0v) is 52.1. The lowest BCUT2D eigenvalue weighted by Crippen LogP contribution is -2.34. The molecule has 19 heteroatoms. The average molecular weight is 1230 g/mol. The van der Waals surface area contributed by atoms with Crippen molar-refractivity contribution >= 4 is 67.8 Å². The number of hydrogen-bond donors (Lipinski definition) is 2. The van der Waals surface area contributed by atoms with Crippen molar-refractivity contribution in [2.45, 2.75) is 144 Å². The lowest BCUT2D eigenvalue weighted by atomic mass is 9.79. The third-order valence-electron chi connectivity index (χ3n) is 15.9. The standard InChI is InChI=1S/C23H24FNO.C16H21N.C11H16BNO2.C11H15F3O3S.C6H3ClFNO/c1-15(2)19-7-4-16(3)21(13-19)18-8-5-17(6-9-18)12-23(26)20-10-11-25-14-22(20)24;1-11(2)14-5-4-12(3)16(10-14)13-6-8-15(17)9-7-13;1-8-11(2,3)15-12(14-8)9-4-6-10(13)7-5-9;1-7(2)9-5-4-8(3)10(6-9)17-18(15,16)11(12,13)14;7-6(10)4-1-2-9-3-5(4)8/h5-6,8-11,14,19H,1,4,7,12-13H2,2-3H3;6-9,14H,1,4-5,10,17H2,2-3H3;4-8H,13H2,1-3H3;9H,1,4-6H2,2-3H3;1-3H/t19-;14-;;9-;/m11.1./s1. The number of anilines is 2. The van der Waals surface area contributed by atoms with E-state index in [0.717, 1.165) is 66.1 Å². The van der Waals surface area contributed by atoms with Gasteiger partial charge in [-0.1, -0.05) is 96.1 Å². The van der Waals surface area contributed by atoms with E-state index in [2.05, 4.69) is 85.8 Å². The predicted octanol–water partition coefficient (Wildman–Crippen LogP) is 16.5. The number of nitrogen functional groups attached to an aromatic ring is 2. The van der Waals surface area contributed by atoms with Gasteiger partial charge in [0, 0.05) is 36.6 Å². The number of halogens is 6. The number of carbonyl (C=O) groups excluding carboxylic acids is 2. The molecule has 5 aromatic rings. The van der Waals surface area contributed by atoms with Gasteiger partial charge in [0.25, 0.3) is 5.24 Å². The summed E-state index contributed by atoms with van der Waals surface area (Å²) in [7, 11) is -5.83. The summed E-state index contributed by atoms with van der Waals surface area (Å²) in [5.41, 5.74) is 21.5. The van der Waals surface area contributed by atoms with Crippen molar-refractivity contribution < 1.29 is 53.5 Å². The van der Waals surface area contributed by atoms with E-state index in [9.17, 15) is 40.0 Å². The van der Waals surface area contributed by atoms with E-state index in [1.54, 1.807) is 13.8 Å². The molecule has 4 atom stereocenters. The molecule has 1 fully saturated rings. The van der Waals surface area contributed by atoms with Gasteiger partial charge in [0.15, 0.2) is 17.4 Å². The maximum Gasteiger partial charge on any atom is 0.534 e. The summed E-state index contributed by atoms with van der Waals surface area (Å²) in [6.07, 6.45) is 13.3. The predicted molar refractivity (Wildman–Crippen MR) is 336 cm³/mol. The molecular formula is C67H79BClF5N4O7S. The Morgan fingerprint density at radius 2 is 1.10 bits per heavy atom. The first-order valence-corrected chi connectivity index (χ1v) is 30.2. The molecule has 4 N–H and O–H groups in total. The van der Waals surface area contributed by atoms with Crippen LogP contribution in [0.25, 0.3) is 11.1 Å². The number of Topliss-reactive ketones (excluding diaryl/α,β-unsaturated/α-hetero) is 1. The number of ketones is 1. The molecular weight excluding hydrogens is 1150 g/mol. The average Bonchev–Trinajstić information content (AvgIpc) is 3.63. The van der Waals surface area contributed by atoms with Crippen LogP contribution in [-0.2, 0) is 30.0 Å². The first-order valence-electron chi connectivity index (χ1n) is 28.4. The van der Waals surface area contributed by atoms with E-state index in [1.807, 2.05) is 69.3 Å². The first-order chi connectivity index (χ1) is 40.3. The third-order valence-corrected chi connectivity index (χ3v) is 17.1. The van der Waals surface area contributed by atoms with Gasteiger partial charge >= 0.3 is 22.7 Å². The summed E-state index contributed by atoms with van der Waals surface area (Å²) in [6, 6.07) is 26.6. The smallest absolute Gasteiger partial charge is 0.402 e. The zero-order chi connectivity index (χ0) is 63.8. The number of alkyl halides is 3. The minimum Gasteiger partial charge on any atom is -0.402 e. The normalized spacial score (nSPS) is 19.2. The van der Waals surface area contributed by atoms with Gasteiger partial charge in [0.05, 0.1) is 35.2 Å². The lowest BCUT2D eigenvalue weighted by molar-refractivity contribution is -0.0525. The van der Waals surface area contributed by atoms with Gasteiger partial charge in [-0.3, -0.25) is 19.6 Å². The largest absolute Gasteiger partial charge is 0.534 e. The van der Waals surface area contributed by atoms with E-state index in [4.69, 9.17) is 32.4 Å². The Morgan fingerprint density at radius 3 is 1.50 bits per heavy atom. The van der Waals surface area contributed by atoms with Gasteiger partial charge < -0.3 is 25.0 Å². The zero-order valence-electron chi connectivity index (χ0n) is 50.6. The Morgan fingerprint density at radius 1 is 0.686 bits per heavy atom. The van der Waals surface area contributed by atoms with E-state index < -0.39 is 32.5 Å². The Kier molecular flexibility index (Phi) is 25.2. The van der Waals surface area contributed by atoms with E-state index >= 15 is 0 Å². The number of hydrogen-bond acceptors (Lipinski definition) is 11. The molecule has 4 aliphatic rings. The highest BCUT2D eigenvalue weighted by Crippen LogP contribution is 2.41. The van der Waals surface area contributed by atoms with Crippen LogP contribution in [0.1, 0.15) is 158 Å². The second-order valence-corrected chi connectivity index (χ2v) is 24.8. The van der Waals surface area contributed by atoms with Crippen LogP contribution in [0.4, 0.5) is 33.3 Å². The molecule has 0 saturated carbocycles. The molecule has 1 unspecified atom stereocenters. The van der Waals surface area contributed by atoms with E-state index in [-0.39, 0.29) is 60.3 Å². The minimum atomic E-state index is -5.57. The molecule has 86 heavy (non-hydrogen) atoms.